The largest absolute Gasteiger partial charge is 0.472 e. The first kappa shape index (κ1) is 16.6. The zero-order chi connectivity index (χ0) is 17.4. The Kier molecular flexibility index (Phi) is 4.54. The monoisotopic (exact) mass is 345 g/mol. The van der Waals surface area contributed by atoms with Crippen molar-refractivity contribution in [2.75, 3.05) is 32.7 Å². The van der Waals surface area contributed by atoms with E-state index in [1.54, 1.807) is 19.3 Å². The minimum absolute atomic E-state index is 0.0459. The van der Waals surface area contributed by atoms with E-state index >= 15 is 0 Å². The molecule has 2 amide bonds. The van der Waals surface area contributed by atoms with Gasteiger partial charge in [0.1, 0.15) is 6.26 Å². The summed E-state index contributed by atoms with van der Waals surface area (Å²) in [6.07, 6.45) is 7.49. The van der Waals surface area contributed by atoms with Crippen LogP contribution in [0.3, 0.4) is 0 Å². The van der Waals surface area contributed by atoms with E-state index in [1.165, 1.54) is 19.1 Å². The fourth-order valence-corrected chi connectivity index (χ4v) is 5.02. The molecule has 0 bridgehead atoms. The highest BCUT2D eigenvalue weighted by Gasteiger charge is 2.46. The minimum Gasteiger partial charge on any atom is -0.472 e. The Morgan fingerprint density at radius 2 is 2.04 bits per heavy atom. The molecule has 3 aliphatic rings. The van der Waals surface area contributed by atoms with E-state index in [2.05, 4.69) is 9.80 Å². The van der Waals surface area contributed by atoms with Crippen molar-refractivity contribution < 1.29 is 14.0 Å². The average molecular weight is 345 g/mol. The van der Waals surface area contributed by atoms with E-state index in [0.29, 0.717) is 30.1 Å². The van der Waals surface area contributed by atoms with Gasteiger partial charge in [0.2, 0.25) is 5.91 Å². The van der Waals surface area contributed by atoms with Crippen molar-refractivity contribution in [3.05, 3.63) is 24.2 Å². The Hall–Kier alpha value is -1.82. The number of piperidine rings is 1. The van der Waals surface area contributed by atoms with Crippen LogP contribution in [0.2, 0.25) is 0 Å². The van der Waals surface area contributed by atoms with Gasteiger partial charge in [-0.05, 0) is 50.8 Å². The number of amides is 2. The number of carbonyl (C=O) groups is 2. The van der Waals surface area contributed by atoms with Gasteiger partial charge >= 0.3 is 0 Å². The van der Waals surface area contributed by atoms with Gasteiger partial charge in [-0.25, -0.2) is 0 Å². The highest BCUT2D eigenvalue weighted by atomic mass is 16.3. The average Bonchev–Trinajstić information content (AvgIpc) is 3.34. The molecule has 4 heterocycles. The van der Waals surface area contributed by atoms with Crippen molar-refractivity contribution in [2.24, 2.45) is 5.92 Å². The van der Waals surface area contributed by atoms with E-state index in [-0.39, 0.29) is 11.8 Å². The molecule has 3 aliphatic heterocycles. The predicted molar refractivity (Wildman–Crippen MR) is 93.1 cm³/mol. The second-order valence-corrected chi connectivity index (χ2v) is 7.70. The standard InChI is InChI=1S/C19H27N3O3/c1-14(23)22-17(12-20-6-2-3-7-20)10-16-11-21(8-4-18(16)22)19(24)15-5-9-25-13-15/h5,9,13,16-18H,2-4,6-8,10-12H2,1H3/t16-,17?,18+/m0/s1. The van der Waals surface area contributed by atoms with Crippen molar-refractivity contribution in [1.82, 2.24) is 14.7 Å². The highest BCUT2D eigenvalue weighted by molar-refractivity contribution is 5.93. The van der Waals surface area contributed by atoms with Gasteiger partial charge < -0.3 is 19.1 Å². The third-order valence-corrected chi connectivity index (χ3v) is 6.11. The van der Waals surface area contributed by atoms with Gasteiger partial charge in [-0.15, -0.1) is 0 Å². The van der Waals surface area contributed by atoms with Gasteiger partial charge in [0.15, 0.2) is 0 Å². The van der Waals surface area contributed by atoms with E-state index < -0.39 is 0 Å². The Morgan fingerprint density at radius 3 is 2.72 bits per heavy atom. The molecule has 6 nitrogen and oxygen atoms in total. The van der Waals surface area contributed by atoms with Crippen LogP contribution in [-0.4, -0.2) is 71.3 Å². The zero-order valence-corrected chi connectivity index (χ0v) is 14.9. The topological polar surface area (TPSA) is 57.0 Å². The highest BCUT2D eigenvalue weighted by Crippen LogP contribution is 2.36. The van der Waals surface area contributed by atoms with E-state index in [1.807, 2.05) is 4.90 Å². The number of furan rings is 1. The maximum absolute atomic E-state index is 12.6. The molecule has 0 N–H and O–H groups in total. The number of likely N-dealkylation sites (tertiary alicyclic amines) is 3. The molecule has 3 saturated heterocycles. The van der Waals surface area contributed by atoms with Gasteiger partial charge in [0.25, 0.3) is 5.91 Å². The third-order valence-electron chi connectivity index (χ3n) is 6.11. The van der Waals surface area contributed by atoms with Crippen LogP contribution in [0, 0.1) is 5.92 Å². The smallest absolute Gasteiger partial charge is 0.257 e. The Balaban J connectivity index is 1.45. The summed E-state index contributed by atoms with van der Waals surface area (Å²) in [5.41, 5.74) is 0.619. The third kappa shape index (κ3) is 3.19. The van der Waals surface area contributed by atoms with Gasteiger partial charge in [-0.3, -0.25) is 9.59 Å². The molecule has 136 valence electrons. The summed E-state index contributed by atoms with van der Waals surface area (Å²) in [7, 11) is 0. The Morgan fingerprint density at radius 1 is 1.24 bits per heavy atom. The molecular formula is C19H27N3O3. The first-order chi connectivity index (χ1) is 12.1. The van der Waals surface area contributed by atoms with Crippen molar-refractivity contribution in [1.29, 1.82) is 0 Å². The lowest BCUT2D eigenvalue weighted by Crippen LogP contribution is -2.51. The van der Waals surface area contributed by atoms with Gasteiger partial charge in [0.05, 0.1) is 11.8 Å². The van der Waals surface area contributed by atoms with Crippen molar-refractivity contribution in [2.45, 2.75) is 44.7 Å². The van der Waals surface area contributed by atoms with E-state index in [0.717, 1.165) is 39.0 Å². The van der Waals surface area contributed by atoms with Gasteiger partial charge in [-0.2, -0.15) is 0 Å². The molecule has 0 spiro atoms. The van der Waals surface area contributed by atoms with Crippen LogP contribution < -0.4 is 0 Å². The van der Waals surface area contributed by atoms with Crippen molar-refractivity contribution in [3.63, 3.8) is 0 Å². The summed E-state index contributed by atoms with van der Waals surface area (Å²) >= 11 is 0. The van der Waals surface area contributed by atoms with Crippen molar-refractivity contribution >= 4 is 11.8 Å². The number of fused-ring (bicyclic) bond motifs is 1. The number of hydrogen-bond acceptors (Lipinski definition) is 4. The molecule has 0 saturated carbocycles. The first-order valence-corrected chi connectivity index (χ1v) is 9.46. The summed E-state index contributed by atoms with van der Waals surface area (Å²) in [5, 5.41) is 0. The number of hydrogen-bond donors (Lipinski definition) is 0. The van der Waals surface area contributed by atoms with Crippen LogP contribution in [0.15, 0.2) is 23.0 Å². The maximum Gasteiger partial charge on any atom is 0.257 e. The molecule has 0 radical (unpaired) electrons. The van der Waals surface area contributed by atoms with Crippen LogP contribution >= 0.6 is 0 Å². The molecule has 1 aromatic rings. The second kappa shape index (κ2) is 6.83. The molecule has 0 aliphatic carbocycles. The van der Waals surface area contributed by atoms with Crippen molar-refractivity contribution in [3.8, 4) is 0 Å². The molecule has 3 atom stereocenters. The van der Waals surface area contributed by atoms with Crippen LogP contribution in [0.4, 0.5) is 0 Å². The van der Waals surface area contributed by atoms with Crippen LogP contribution in [0.1, 0.15) is 43.0 Å². The summed E-state index contributed by atoms with van der Waals surface area (Å²) in [6.45, 7) is 6.45. The molecule has 25 heavy (non-hydrogen) atoms. The van der Waals surface area contributed by atoms with Gasteiger partial charge in [-0.1, -0.05) is 0 Å². The fourth-order valence-electron chi connectivity index (χ4n) is 5.02. The van der Waals surface area contributed by atoms with Gasteiger partial charge in [0, 0.05) is 38.6 Å². The summed E-state index contributed by atoms with van der Waals surface area (Å²) in [4.78, 5) is 31.5. The quantitative estimate of drug-likeness (QED) is 0.839. The molecule has 0 aromatic carbocycles. The SMILES string of the molecule is CC(=O)N1C(CN2CCCC2)C[C@H]2CN(C(=O)c3ccoc3)CC[C@H]21. The molecule has 3 fully saturated rings. The van der Waals surface area contributed by atoms with Crippen LogP contribution in [0.25, 0.3) is 0 Å². The lowest BCUT2D eigenvalue weighted by molar-refractivity contribution is -0.132. The van der Waals surface area contributed by atoms with Crippen LogP contribution in [0.5, 0.6) is 0 Å². The summed E-state index contributed by atoms with van der Waals surface area (Å²) in [5.74, 6) is 0.622. The minimum atomic E-state index is 0.0459. The number of carbonyl (C=O) groups excluding carboxylic acids is 2. The van der Waals surface area contributed by atoms with E-state index in [9.17, 15) is 9.59 Å². The lowest BCUT2D eigenvalue weighted by Gasteiger charge is -2.38. The number of nitrogens with zero attached hydrogens (tertiary/aromatic N) is 3. The Bertz CT molecular complexity index is 624. The normalized spacial score (nSPS) is 29.9. The molecule has 1 unspecified atom stereocenters. The lowest BCUT2D eigenvalue weighted by atomic mass is 9.91. The molecule has 1 aromatic heterocycles. The molecule has 6 heteroatoms. The second-order valence-electron chi connectivity index (χ2n) is 7.70. The van der Waals surface area contributed by atoms with E-state index in [4.69, 9.17) is 4.42 Å². The predicted octanol–water partition coefficient (Wildman–Crippen LogP) is 1.83. The maximum atomic E-state index is 12.6. The molecular weight excluding hydrogens is 318 g/mol. The fraction of sp³-hybridized carbons (Fsp3) is 0.684. The first-order valence-electron chi connectivity index (χ1n) is 9.46. The van der Waals surface area contributed by atoms with Crippen LogP contribution in [-0.2, 0) is 4.79 Å². The summed E-state index contributed by atoms with van der Waals surface area (Å²) < 4.78 is 5.05. The zero-order valence-electron chi connectivity index (χ0n) is 14.9. The Labute approximate surface area is 148 Å². The molecule has 4 rings (SSSR count). The summed E-state index contributed by atoms with van der Waals surface area (Å²) in [6, 6.07) is 2.31. The number of rotatable bonds is 3.